The highest BCUT2D eigenvalue weighted by molar-refractivity contribution is 7.22. The Kier molecular flexibility index (Phi) is 5.04. The molecule has 0 spiro atoms. The number of amides is 1. The minimum absolute atomic E-state index is 0.0759. The number of carbonyl (C=O) groups excluding carboxylic acids is 1. The largest absolute Gasteiger partial charge is 0.497 e. The van der Waals surface area contributed by atoms with Crippen LogP contribution < -0.4 is 9.64 Å². The molecule has 6 heteroatoms. The number of aryl methyl sites for hydroxylation is 1. The van der Waals surface area contributed by atoms with Crippen LogP contribution in [0.4, 0.5) is 5.13 Å². The van der Waals surface area contributed by atoms with Crippen molar-refractivity contribution >= 4 is 32.6 Å². The molecule has 2 aromatic heterocycles. The number of methoxy groups -OCH3 is 1. The Bertz CT molecular complexity index is 1130. The van der Waals surface area contributed by atoms with Crippen molar-refractivity contribution in [3.05, 3.63) is 83.7 Å². The van der Waals surface area contributed by atoms with Crippen LogP contribution in [0, 0.1) is 6.92 Å². The smallest absolute Gasteiger partial charge is 0.260 e. The number of rotatable bonds is 5. The van der Waals surface area contributed by atoms with E-state index in [2.05, 4.69) is 4.98 Å². The zero-order chi connectivity index (χ0) is 19.5. The second kappa shape index (κ2) is 7.78. The summed E-state index contributed by atoms with van der Waals surface area (Å²) in [6, 6.07) is 17.2. The third-order valence-corrected chi connectivity index (χ3v) is 5.56. The fourth-order valence-corrected chi connectivity index (χ4v) is 3.94. The first-order valence-electron chi connectivity index (χ1n) is 8.86. The Morgan fingerprint density at radius 2 is 2.00 bits per heavy atom. The summed E-state index contributed by atoms with van der Waals surface area (Å²) < 4.78 is 6.30. The van der Waals surface area contributed by atoms with E-state index in [1.54, 1.807) is 24.4 Å². The van der Waals surface area contributed by atoms with E-state index in [-0.39, 0.29) is 5.91 Å². The maximum Gasteiger partial charge on any atom is 0.260 e. The third-order valence-electron chi connectivity index (χ3n) is 4.50. The lowest BCUT2D eigenvalue weighted by Gasteiger charge is -2.21. The molecular formula is C22H19N3O2S. The van der Waals surface area contributed by atoms with Crippen molar-refractivity contribution in [3.8, 4) is 5.75 Å². The van der Waals surface area contributed by atoms with Crippen molar-refractivity contribution in [2.75, 3.05) is 12.0 Å². The highest BCUT2D eigenvalue weighted by Gasteiger charge is 2.23. The maximum atomic E-state index is 13.4. The molecule has 0 saturated heterocycles. The monoisotopic (exact) mass is 389 g/mol. The Balaban J connectivity index is 1.78. The van der Waals surface area contributed by atoms with Gasteiger partial charge in [0, 0.05) is 24.0 Å². The lowest BCUT2D eigenvalue weighted by Crippen LogP contribution is -2.30. The number of nitrogens with zero attached hydrogens (tertiary/aromatic N) is 3. The molecule has 1 amide bonds. The van der Waals surface area contributed by atoms with Crippen LogP contribution in [0.15, 0.2) is 67.0 Å². The quantitative estimate of drug-likeness (QED) is 0.489. The van der Waals surface area contributed by atoms with Gasteiger partial charge in [0.05, 0.1) is 23.9 Å². The van der Waals surface area contributed by atoms with Crippen LogP contribution >= 0.6 is 11.3 Å². The van der Waals surface area contributed by atoms with Gasteiger partial charge in [0.15, 0.2) is 5.13 Å². The molecule has 0 aliphatic heterocycles. The number of pyridine rings is 1. The number of carbonyl (C=O) groups is 1. The number of thiazole rings is 1. The first kappa shape index (κ1) is 18.1. The molecule has 4 aromatic rings. The van der Waals surface area contributed by atoms with Crippen LogP contribution in [0.5, 0.6) is 5.75 Å². The molecule has 5 nitrogen and oxygen atoms in total. The standard InChI is InChI=1S/C22H19N3O2S/c1-15-6-3-4-8-18(15)21(26)25(14-16-7-5-11-23-13-16)22-24-19-12-17(27-2)9-10-20(19)28-22/h3-13H,14H2,1-2H3. The second-order valence-electron chi connectivity index (χ2n) is 6.40. The average molecular weight is 389 g/mol. The molecule has 0 aliphatic rings. The van der Waals surface area contributed by atoms with Gasteiger partial charge in [0.25, 0.3) is 5.91 Å². The van der Waals surface area contributed by atoms with Gasteiger partial charge in [-0.25, -0.2) is 4.98 Å². The van der Waals surface area contributed by atoms with E-state index in [0.29, 0.717) is 17.2 Å². The molecule has 140 valence electrons. The van der Waals surface area contributed by atoms with Crippen LogP contribution in [-0.2, 0) is 6.54 Å². The molecule has 0 atom stereocenters. The minimum atomic E-state index is -0.0759. The molecule has 0 fully saturated rings. The van der Waals surface area contributed by atoms with E-state index in [0.717, 1.165) is 27.1 Å². The summed E-state index contributed by atoms with van der Waals surface area (Å²) in [5.41, 5.74) is 3.36. The van der Waals surface area contributed by atoms with E-state index >= 15 is 0 Å². The number of fused-ring (bicyclic) bond motifs is 1. The van der Waals surface area contributed by atoms with E-state index in [1.807, 2.05) is 61.5 Å². The topological polar surface area (TPSA) is 55.3 Å². The van der Waals surface area contributed by atoms with Crippen molar-refractivity contribution in [2.24, 2.45) is 0 Å². The molecule has 2 aromatic carbocycles. The second-order valence-corrected chi connectivity index (χ2v) is 7.41. The summed E-state index contributed by atoms with van der Waals surface area (Å²) in [5, 5.41) is 0.653. The summed E-state index contributed by atoms with van der Waals surface area (Å²) in [4.78, 5) is 24.0. The van der Waals surface area contributed by atoms with Crippen LogP contribution in [0.2, 0.25) is 0 Å². The number of hydrogen-bond donors (Lipinski definition) is 0. The molecule has 2 heterocycles. The van der Waals surface area contributed by atoms with Crippen LogP contribution in [-0.4, -0.2) is 23.0 Å². The molecule has 0 aliphatic carbocycles. The van der Waals surface area contributed by atoms with Gasteiger partial charge in [-0.2, -0.15) is 0 Å². The number of aromatic nitrogens is 2. The lowest BCUT2D eigenvalue weighted by molar-refractivity contribution is 0.0984. The third kappa shape index (κ3) is 3.59. The van der Waals surface area contributed by atoms with E-state index < -0.39 is 0 Å². The first-order valence-corrected chi connectivity index (χ1v) is 9.68. The van der Waals surface area contributed by atoms with Crippen molar-refractivity contribution in [1.29, 1.82) is 0 Å². The summed E-state index contributed by atoms with van der Waals surface area (Å²) >= 11 is 1.49. The van der Waals surface area contributed by atoms with Crippen LogP contribution in [0.3, 0.4) is 0 Å². The van der Waals surface area contributed by atoms with Crippen molar-refractivity contribution in [1.82, 2.24) is 9.97 Å². The van der Waals surface area contributed by atoms with E-state index in [9.17, 15) is 4.79 Å². The Morgan fingerprint density at radius 3 is 2.75 bits per heavy atom. The van der Waals surface area contributed by atoms with Crippen LogP contribution in [0.25, 0.3) is 10.2 Å². The highest BCUT2D eigenvalue weighted by Crippen LogP contribution is 2.33. The van der Waals surface area contributed by atoms with Crippen LogP contribution in [0.1, 0.15) is 21.5 Å². The zero-order valence-electron chi connectivity index (χ0n) is 15.6. The average Bonchev–Trinajstić information content (AvgIpc) is 3.15. The number of anilines is 1. The predicted molar refractivity (Wildman–Crippen MR) is 112 cm³/mol. The van der Waals surface area contributed by atoms with Crippen molar-refractivity contribution in [3.63, 3.8) is 0 Å². The van der Waals surface area contributed by atoms with Crippen molar-refractivity contribution < 1.29 is 9.53 Å². The summed E-state index contributed by atoms with van der Waals surface area (Å²) in [6.07, 6.45) is 3.50. The summed E-state index contributed by atoms with van der Waals surface area (Å²) in [5.74, 6) is 0.668. The number of hydrogen-bond acceptors (Lipinski definition) is 5. The summed E-state index contributed by atoms with van der Waals surface area (Å²) in [7, 11) is 1.63. The Labute approximate surface area is 167 Å². The minimum Gasteiger partial charge on any atom is -0.497 e. The molecular weight excluding hydrogens is 370 g/mol. The maximum absolute atomic E-state index is 13.4. The number of benzene rings is 2. The highest BCUT2D eigenvalue weighted by atomic mass is 32.1. The molecule has 28 heavy (non-hydrogen) atoms. The fraction of sp³-hybridized carbons (Fsp3) is 0.136. The van der Waals surface area contributed by atoms with Crippen molar-refractivity contribution in [2.45, 2.75) is 13.5 Å². The Hall–Kier alpha value is -3.25. The normalized spacial score (nSPS) is 10.8. The first-order chi connectivity index (χ1) is 13.7. The number of ether oxygens (including phenoxy) is 1. The summed E-state index contributed by atoms with van der Waals surface area (Å²) in [6.45, 7) is 2.34. The molecule has 0 unspecified atom stereocenters. The van der Waals surface area contributed by atoms with Gasteiger partial charge in [0.1, 0.15) is 5.75 Å². The molecule has 0 radical (unpaired) electrons. The Morgan fingerprint density at radius 1 is 1.14 bits per heavy atom. The zero-order valence-corrected chi connectivity index (χ0v) is 16.4. The predicted octanol–water partition coefficient (Wildman–Crippen LogP) is 4.86. The van der Waals surface area contributed by atoms with Gasteiger partial charge in [-0.15, -0.1) is 0 Å². The van der Waals surface area contributed by atoms with Gasteiger partial charge < -0.3 is 4.74 Å². The molecule has 4 rings (SSSR count). The van der Waals surface area contributed by atoms with E-state index in [4.69, 9.17) is 9.72 Å². The van der Waals surface area contributed by atoms with Gasteiger partial charge in [0.2, 0.25) is 0 Å². The fourth-order valence-electron chi connectivity index (χ4n) is 3.00. The SMILES string of the molecule is COc1ccc2sc(N(Cc3cccnc3)C(=O)c3ccccc3C)nc2c1. The lowest BCUT2D eigenvalue weighted by atomic mass is 10.1. The molecule has 0 bridgehead atoms. The van der Waals surface area contributed by atoms with Gasteiger partial charge >= 0.3 is 0 Å². The van der Waals surface area contributed by atoms with Gasteiger partial charge in [-0.05, 0) is 42.3 Å². The van der Waals surface area contributed by atoms with Gasteiger partial charge in [-0.3, -0.25) is 14.7 Å². The van der Waals surface area contributed by atoms with E-state index in [1.165, 1.54) is 11.3 Å². The molecule has 0 N–H and O–H groups in total. The molecule has 0 saturated carbocycles. The van der Waals surface area contributed by atoms with Gasteiger partial charge in [-0.1, -0.05) is 35.6 Å².